The standard InChI is InChI=1S/C18H24N4O/c1-19-18(22(2)12-14-8-10-23-13-14)21-11-17-16-6-4-3-5-15(16)7-9-20-17/h3-7,9,14H,8,10-13H2,1-2H3,(H,19,21). The minimum atomic E-state index is 0.592. The van der Waals surface area contributed by atoms with Gasteiger partial charge in [-0.1, -0.05) is 24.3 Å². The van der Waals surface area contributed by atoms with Crippen LogP contribution in [0.15, 0.2) is 41.5 Å². The molecule has 23 heavy (non-hydrogen) atoms. The topological polar surface area (TPSA) is 49.8 Å². The third-order valence-corrected chi connectivity index (χ3v) is 4.30. The maximum atomic E-state index is 5.45. The zero-order chi connectivity index (χ0) is 16.1. The number of aliphatic imine (C=N–C) groups is 1. The van der Waals surface area contributed by atoms with Crippen molar-refractivity contribution in [3.63, 3.8) is 0 Å². The van der Waals surface area contributed by atoms with Gasteiger partial charge >= 0.3 is 0 Å². The lowest BCUT2D eigenvalue weighted by Crippen LogP contribution is -2.41. The van der Waals surface area contributed by atoms with E-state index in [2.05, 4.69) is 51.5 Å². The summed E-state index contributed by atoms with van der Waals surface area (Å²) < 4.78 is 5.45. The van der Waals surface area contributed by atoms with Gasteiger partial charge in [0.2, 0.25) is 0 Å². The zero-order valence-electron chi connectivity index (χ0n) is 13.8. The molecule has 1 fully saturated rings. The molecule has 2 heterocycles. The summed E-state index contributed by atoms with van der Waals surface area (Å²) in [4.78, 5) is 11.1. The Morgan fingerprint density at radius 2 is 2.26 bits per heavy atom. The molecule has 2 aromatic rings. The maximum absolute atomic E-state index is 5.45. The number of fused-ring (bicyclic) bond motifs is 1. The molecule has 1 aliphatic rings. The van der Waals surface area contributed by atoms with Crippen LogP contribution in [-0.4, -0.2) is 49.7 Å². The van der Waals surface area contributed by atoms with E-state index in [-0.39, 0.29) is 0 Å². The van der Waals surface area contributed by atoms with E-state index in [0.717, 1.165) is 37.8 Å². The first-order valence-electron chi connectivity index (χ1n) is 8.10. The van der Waals surface area contributed by atoms with Crippen molar-refractivity contribution in [1.29, 1.82) is 0 Å². The van der Waals surface area contributed by atoms with E-state index in [1.54, 1.807) is 0 Å². The maximum Gasteiger partial charge on any atom is 0.193 e. The first-order valence-corrected chi connectivity index (χ1v) is 8.10. The lowest BCUT2D eigenvalue weighted by molar-refractivity contribution is 0.181. The predicted molar refractivity (Wildman–Crippen MR) is 93.5 cm³/mol. The Bertz CT molecular complexity index is 674. The van der Waals surface area contributed by atoms with Gasteiger partial charge in [-0.05, 0) is 17.9 Å². The number of aromatic nitrogens is 1. The van der Waals surface area contributed by atoms with Crippen LogP contribution in [0.5, 0.6) is 0 Å². The van der Waals surface area contributed by atoms with E-state index >= 15 is 0 Å². The molecule has 3 rings (SSSR count). The fourth-order valence-electron chi connectivity index (χ4n) is 3.07. The van der Waals surface area contributed by atoms with Crippen molar-refractivity contribution in [2.75, 3.05) is 33.9 Å². The normalized spacial score (nSPS) is 18.3. The molecule has 1 N–H and O–H groups in total. The van der Waals surface area contributed by atoms with Crippen molar-refractivity contribution in [3.05, 3.63) is 42.2 Å². The summed E-state index contributed by atoms with van der Waals surface area (Å²) in [7, 11) is 3.89. The highest BCUT2D eigenvalue weighted by atomic mass is 16.5. The average Bonchev–Trinajstić information content (AvgIpc) is 3.08. The van der Waals surface area contributed by atoms with Gasteiger partial charge in [-0.2, -0.15) is 0 Å². The molecule has 1 aromatic heterocycles. The Hall–Kier alpha value is -2.14. The molecule has 1 atom stereocenters. The van der Waals surface area contributed by atoms with Crippen molar-refractivity contribution in [2.45, 2.75) is 13.0 Å². The van der Waals surface area contributed by atoms with Gasteiger partial charge in [0.05, 0.1) is 18.8 Å². The molecule has 0 aliphatic carbocycles. The Morgan fingerprint density at radius 3 is 3.04 bits per heavy atom. The molecule has 0 spiro atoms. The van der Waals surface area contributed by atoms with Gasteiger partial charge < -0.3 is 15.0 Å². The van der Waals surface area contributed by atoms with Crippen LogP contribution >= 0.6 is 0 Å². The first kappa shape index (κ1) is 15.7. The summed E-state index contributed by atoms with van der Waals surface area (Å²) in [6.07, 6.45) is 2.99. The smallest absolute Gasteiger partial charge is 0.193 e. The van der Waals surface area contributed by atoms with Crippen molar-refractivity contribution >= 4 is 16.7 Å². The van der Waals surface area contributed by atoms with Gasteiger partial charge in [-0.3, -0.25) is 9.98 Å². The fraction of sp³-hybridized carbons (Fsp3) is 0.444. The Kier molecular flexibility index (Phi) is 5.08. The number of ether oxygens (including phenoxy) is 1. The SMILES string of the molecule is CN=C(NCc1nccc2ccccc12)N(C)CC1CCOC1. The summed E-state index contributed by atoms with van der Waals surface area (Å²) in [6, 6.07) is 10.4. The lowest BCUT2D eigenvalue weighted by Gasteiger charge is -2.24. The number of pyridine rings is 1. The Balaban J connectivity index is 1.65. The Labute approximate surface area is 137 Å². The van der Waals surface area contributed by atoms with E-state index in [4.69, 9.17) is 4.74 Å². The predicted octanol–water partition coefficient (Wildman–Crippen LogP) is 2.28. The third kappa shape index (κ3) is 3.79. The summed E-state index contributed by atoms with van der Waals surface area (Å²) in [5, 5.41) is 5.82. The minimum Gasteiger partial charge on any atom is -0.381 e. The second kappa shape index (κ2) is 7.42. The van der Waals surface area contributed by atoms with E-state index in [1.165, 1.54) is 10.8 Å². The summed E-state index contributed by atoms with van der Waals surface area (Å²) >= 11 is 0. The van der Waals surface area contributed by atoms with Crippen molar-refractivity contribution in [1.82, 2.24) is 15.2 Å². The van der Waals surface area contributed by atoms with Gasteiger partial charge in [0.1, 0.15) is 0 Å². The van der Waals surface area contributed by atoms with Gasteiger partial charge in [-0.15, -0.1) is 0 Å². The molecule has 1 aromatic carbocycles. The second-order valence-corrected chi connectivity index (χ2v) is 5.99. The lowest BCUT2D eigenvalue weighted by atomic mass is 10.1. The third-order valence-electron chi connectivity index (χ3n) is 4.30. The molecule has 5 heteroatoms. The van der Waals surface area contributed by atoms with Crippen LogP contribution in [0.2, 0.25) is 0 Å². The number of guanidine groups is 1. The van der Waals surface area contributed by atoms with Crippen LogP contribution in [0.3, 0.4) is 0 Å². The van der Waals surface area contributed by atoms with Gasteiger partial charge in [0.25, 0.3) is 0 Å². The summed E-state index contributed by atoms with van der Waals surface area (Å²) in [5.74, 6) is 1.49. The van der Waals surface area contributed by atoms with Gasteiger partial charge in [0, 0.05) is 44.7 Å². The molecule has 1 aliphatic heterocycles. The van der Waals surface area contributed by atoms with Crippen LogP contribution in [0, 0.1) is 5.92 Å². The molecular weight excluding hydrogens is 288 g/mol. The molecule has 5 nitrogen and oxygen atoms in total. The van der Waals surface area contributed by atoms with E-state index in [9.17, 15) is 0 Å². The highest BCUT2D eigenvalue weighted by Gasteiger charge is 2.19. The molecule has 1 unspecified atom stereocenters. The number of benzene rings is 1. The number of nitrogens with zero attached hydrogens (tertiary/aromatic N) is 3. The van der Waals surface area contributed by atoms with E-state index < -0.39 is 0 Å². The molecule has 0 radical (unpaired) electrons. The second-order valence-electron chi connectivity index (χ2n) is 5.99. The molecule has 0 bridgehead atoms. The fourth-order valence-corrected chi connectivity index (χ4v) is 3.07. The molecule has 122 valence electrons. The highest BCUT2D eigenvalue weighted by Crippen LogP contribution is 2.16. The van der Waals surface area contributed by atoms with E-state index in [1.807, 2.05) is 19.3 Å². The van der Waals surface area contributed by atoms with Crippen molar-refractivity contribution in [2.24, 2.45) is 10.9 Å². The number of hydrogen-bond donors (Lipinski definition) is 1. The van der Waals surface area contributed by atoms with Crippen LogP contribution < -0.4 is 5.32 Å². The molecule has 0 amide bonds. The van der Waals surface area contributed by atoms with Crippen LogP contribution in [-0.2, 0) is 11.3 Å². The van der Waals surface area contributed by atoms with Gasteiger partial charge in [0.15, 0.2) is 5.96 Å². The Morgan fingerprint density at radius 1 is 1.39 bits per heavy atom. The largest absolute Gasteiger partial charge is 0.381 e. The molecule has 0 saturated carbocycles. The highest BCUT2D eigenvalue weighted by molar-refractivity contribution is 5.85. The molecule has 1 saturated heterocycles. The number of rotatable bonds is 4. The molecular formula is C18H24N4O. The number of hydrogen-bond acceptors (Lipinski definition) is 3. The van der Waals surface area contributed by atoms with Crippen LogP contribution in [0.25, 0.3) is 10.8 Å². The average molecular weight is 312 g/mol. The first-order chi connectivity index (χ1) is 11.3. The number of nitrogens with one attached hydrogen (secondary N) is 1. The van der Waals surface area contributed by atoms with Crippen molar-refractivity contribution < 1.29 is 4.74 Å². The summed E-state index contributed by atoms with van der Waals surface area (Å²) in [5.41, 5.74) is 1.04. The monoisotopic (exact) mass is 312 g/mol. The minimum absolute atomic E-state index is 0.592. The van der Waals surface area contributed by atoms with Crippen LogP contribution in [0.1, 0.15) is 12.1 Å². The van der Waals surface area contributed by atoms with Crippen molar-refractivity contribution in [3.8, 4) is 0 Å². The quantitative estimate of drug-likeness (QED) is 0.695. The van der Waals surface area contributed by atoms with Gasteiger partial charge in [-0.25, -0.2) is 0 Å². The van der Waals surface area contributed by atoms with E-state index in [0.29, 0.717) is 12.5 Å². The summed E-state index contributed by atoms with van der Waals surface area (Å²) in [6.45, 7) is 3.36. The zero-order valence-corrected chi connectivity index (χ0v) is 13.8. The van der Waals surface area contributed by atoms with Crippen LogP contribution in [0.4, 0.5) is 0 Å².